The fraction of sp³-hybridized carbons (Fsp3) is 0.200. The van der Waals surface area contributed by atoms with E-state index in [1.54, 1.807) is 6.07 Å². The van der Waals surface area contributed by atoms with Crippen molar-refractivity contribution in [2.45, 2.75) is 19.4 Å². The van der Waals surface area contributed by atoms with Crippen molar-refractivity contribution in [1.82, 2.24) is 0 Å². The first kappa shape index (κ1) is 13.2. The Kier molecular flexibility index (Phi) is 4.15. The Bertz CT molecular complexity index is 554. The molecule has 0 saturated heterocycles. The number of hydrogen-bond acceptors (Lipinski definition) is 1. The van der Waals surface area contributed by atoms with Crippen LogP contribution in [0.15, 0.2) is 46.9 Å². The van der Waals surface area contributed by atoms with Gasteiger partial charge >= 0.3 is 0 Å². The number of halogens is 2. The molecule has 3 heteroatoms. The van der Waals surface area contributed by atoms with Gasteiger partial charge in [-0.25, -0.2) is 4.39 Å². The van der Waals surface area contributed by atoms with Gasteiger partial charge in [-0.1, -0.05) is 34.1 Å². The van der Waals surface area contributed by atoms with Gasteiger partial charge in [0.1, 0.15) is 5.82 Å². The highest BCUT2D eigenvalue weighted by Crippen LogP contribution is 2.22. The minimum Gasteiger partial charge on any atom is -0.324 e. The fourth-order valence-corrected chi connectivity index (χ4v) is 2.53. The van der Waals surface area contributed by atoms with E-state index >= 15 is 0 Å². The summed E-state index contributed by atoms with van der Waals surface area (Å²) < 4.78 is 14.1. The molecule has 2 N–H and O–H groups in total. The second-order valence-electron chi connectivity index (χ2n) is 4.44. The summed E-state index contributed by atoms with van der Waals surface area (Å²) in [6.45, 7) is 1.89. The fourth-order valence-electron chi connectivity index (χ4n) is 2.08. The number of rotatable bonds is 3. The van der Waals surface area contributed by atoms with Crippen LogP contribution in [0.4, 0.5) is 4.39 Å². The van der Waals surface area contributed by atoms with Gasteiger partial charge in [0.25, 0.3) is 0 Å². The predicted octanol–water partition coefficient (Wildman–Crippen LogP) is 4.14. The van der Waals surface area contributed by atoms with Crippen molar-refractivity contribution in [3.8, 4) is 0 Å². The number of hydrogen-bond donors (Lipinski definition) is 1. The van der Waals surface area contributed by atoms with E-state index in [0.29, 0.717) is 0 Å². The van der Waals surface area contributed by atoms with Crippen LogP contribution in [0.3, 0.4) is 0 Å². The Balaban J connectivity index is 2.19. The highest BCUT2D eigenvalue weighted by atomic mass is 79.9. The van der Waals surface area contributed by atoms with Crippen molar-refractivity contribution in [3.05, 3.63) is 69.4 Å². The molecule has 2 rings (SSSR count). The largest absolute Gasteiger partial charge is 0.324 e. The summed E-state index contributed by atoms with van der Waals surface area (Å²) in [6.07, 6.45) is 0.742. The van der Waals surface area contributed by atoms with Crippen LogP contribution in [0, 0.1) is 12.7 Å². The topological polar surface area (TPSA) is 26.0 Å². The lowest BCUT2D eigenvalue weighted by molar-refractivity contribution is 0.622. The van der Waals surface area contributed by atoms with E-state index < -0.39 is 0 Å². The van der Waals surface area contributed by atoms with Gasteiger partial charge in [-0.3, -0.25) is 0 Å². The molecule has 0 aliphatic rings. The van der Waals surface area contributed by atoms with Crippen LogP contribution >= 0.6 is 15.9 Å². The van der Waals surface area contributed by atoms with E-state index in [1.807, 2.05) is 25.1 Å². The van der Waals surface area contributed by atoms with Gasteiger partial charge < -0.3 is 5.73 Å². The molecule has 2 aromatic carbocycles. The van der Waals surface area contributed by atoms with Crippen LogP contribution < -0.4 is 5.73 Å². The third-order valence-corrected chi connectivity index (χ3v) is 3.47. The zero-order chi connectivity index (χ0) is 13.1. The van der Waals surface area contributed by atoms with Crippen molar-refractivity contribution in [2.24, 2.45) is 5.73 Å². The van der Waals surface area contributed by atoms with Gasteiger partial charge in [-0.15, -0.1) is 0 Å². The molecule has 0 aliphatic heterocycles. The van der Waals surface area contributed by atoms with Crippen LogP contribution in [0.2, 0.25) is 0 Å². The Morgan fingerprint density at radius 2 is 2.00 bits per heavy atom. The highest BCUT2D eigenvalue weighted by molar-refractivity contribution is 9.10. The second-order valence-corrected chi connectivity index (χ2v) is 5.36. The Morgan fingerprint density at radius 1 is 1.22 bits per heavy atom. The van der Waals surface area contributed by atoms with Gasteiger partial charge in [-0.2, -0.15) is 0 Å². The minimum absolute atomic E-state index is 0.111. The smallest absolute Gasteiger partial charge is 0.123 e. The molecule has 1 nitrogen and oxygen atoms in total. The van der Waals surface area contributed by atoms with Crippen LogP contribution in [-0.2, 0) is 6.42 Å². The number of benzene rings is 2. The molecule has 0 amide bonds. The van der Waals surface area contributed by atoms with E-state index in [2.05, 4.69) is 22.0 Å². The summed E-state index contributed by atoms with van der Waals surface area (Å²) in [7, 11) is 0. The maximum Gasteiger partial charge on any atom is 0.123 e. The zero-order valence-corrected chi connectivity index (χ0v) is 11.7. The Labute approximate surface area is 115 Å². The predicted molar refractivity (Wildman–Crippen MR) is 75.9 cm³/mol. The van der Waals surface area contributed by atoms with E-state index in [9.17, 15) is 4.39 Å². The first-order chi connectivity index (χ1) is 8.56. The zero-order valence-electron chi connectivity index (χ0n) is 10.2. The third-order valence-electron chi connectivity index (χ3n) is 2.98. The Morgan fingerprint density at radius 3 is 2.67 bits per heavy atom. The average Bonchev–Trinajstić information content (AvgIpc) is 2.28. The van der Waals surface area contributed by atoms with Gasteiger partial charge in [0, 0.05) is 10.5 Å². The van der Waals surface area contributed by atoms with E-state index in [0.717, 1.165) is 22.0 Å². The maximum absolute atomic E-state index is 13.0. The molecule has 0 aromatic heterocycles. The molecule has 0 fully saturated rings. The number of nitrogens with two attached hydrogens (primary N) is 1. The summed E-state index contributed by atoms with van der Waals surface area (Å²) >= 11 is 3.44. The van der Waals surface area contributed by atoms with Gasteiger partial charge in [0.05, 0.1) is 0 Å². The molecule has 1 atom stereocenters. The standard InChI is InChI=1S/C15H15BrFN/c1-10-7-13(17)5-6-14(10)15(18)9-11-3-2-4-12(16)8-11/h2-8,15H,9,18H2,1H3. The molecule has 2 aromatic rings. The molecule has 1 unspecified atom stereocenters. The first-order valence-electron chi connectivity index (χ1n) is 5.82. The molecule has 18 heavy (non-hydrogen) atoms. The Hall–Kier alpha value is -1.19. The SMILES string of the molecule is Cc1cc(F)ccc1C(N)Cc1cccc(Br)c1. The molecule has 0 aliphatic carbocycles. The molecule has 0 heterocycles. The minimum atomic E-state index is -0.217. The molecule has 0 saturated carbocycles. The van der Waals surface area contributed by atoms with E-state index in [-0.39, 0.29) is 11.9 Å². The lowest BCUT2D eigenvalue weighted by Crippen LogP contribution is -2.14. The van der Waals surface area contributed by atoms with Crippen LogP contribution in [0.1, 0.15) is 22.7 Å². The first-order valence-corrected chi connectivity index (χ1v) is 6.61. The molecular formula is C15H15BrFN. The van der Waals surface area contributed by atoms with Gasteiger partial charge in [0.2, 0.25) is 0 Å². The van der Waals surface area contributed by atoms with E-state index in [1.165, 1.54) is 17.7 Å². The third kappa shape index (κ3) is 3.18. The quantitative estimate of drug-likeness (QED) is 0.906. The molecule has 0 spiro atoms. The summed E-state index contributed by atoms with van der Waals surface area (Å²) in [4.78, 5) is 0. The summed E-state index contributed by atoms with van der Waals surface area (Å²) in [5, 5.41) is 0. The molecular weight excluding hydrogens is 293 g/mol. The maximum atomic E-state index is 13.0. The van der Waals surface area contributed by atoms with Crippen molar-refractivity contribution in [2.75, 3.05) is 0 Å². The lowest BCUT2D eigenvalue weighted by atomic mass is 9.96. The van der Waals surface area contributed by atoms with Crippen molar-refractivity contribution < 1.29 is 4.39 Å². The van der Waals surface area contributed by atoms with Gasteiger partial charge in [0.15, 0.2) is 0 Å². The molecule has 0 bridgehead atoms. The monoisotopic (exact) mass is 307 g/mol. The van der Waals surface area contributed by atoms with E-state index in [4.69, 9.17) is 5.73 Å². The molecule has 94 valence electrons. The van der Waals surface area contributed by atoms with Crippen LogP contribution in [-0.4, -0.2) is 0 Å². The normalized spacial score (nSPS) is 12.4. The summed E-state index contributed by atoms with van der Waals surface area (Å²) in [6, 6.07) is 12.7. The lowest BCUT2D eigenvalue weighted by Gasteiger charge is -2.15. The van der Waals surface area contributed by atoms with Crippen LogP contribution in [0.25, 0.3) is 0 Å². The van der Waals surface area contributed by atoms with Gasteiger partial charge in [-0.05, 0) is 54.3 Å². The highest BCUT2D eigenvalue weighted by Gasteiger charge is 2.10. The van der Waals surface area contributed by atoms with Crippen molar-refractivity contribution in [1.29, 1.82) is 0 Å². The van der Waals surface area contributed by atoms with Crippen molar-refractivity contribution in [3.63, 3.8) is 0 Å². The molecule has 0 radical (unpaired) electrons. The summed E-state index contributed by atoms with van der Waals surface area (Å²) in [5.41, 5.74) is 9.25. The van der Waals surface area contributed by atoms with Crippen LogP contribution in [0.5, 0.6) is 0 Å². The second kappa shape index (κ2) is 5.63. The summed E-state index contributed by atoms with van der Waals surface area (Å²) in [5.74, 6) is -0.217. The van der Waals surface area contributed by atoms with Crippen molar-refractivity contribution >= 4 is 15.9 Å². The average molecular weight is 308 g/mol. The number of aryl methyl sites for hydroxylation is 1.